The molecule has 3 fully saturated rings. The molecule has 0 aromatic heterocycles. The van der Waals surface area contributed by atoms with Crippen LogP contribution >= 0.6 is 0 Å². The number of aliphatic hydroxyl groups excluding tert-OH is 1. The summed E-state index contributed by atoms with van der Waals surface area (Å²) in [4.78, 5) is 18.2. The number of aliphatic imine (C=N–C) groups is 1. The van der Waals surface area contributed by atoms with Gasteiger partial charge in [-0.15, -0.1) is 0 Å². The summed E-state index contributed by atoms with van der Waals surface area (Å²) in [6.07, 6.45) is 3.00. The molecule has 2 saturated heterocycles. The number of nitrogens with zero attached hydrogens (tertiary/aromatic N) is 2. The molecule has 1 saturated carbocycles. The highest BCUT2D eigenvalue weighted by Gasteiger charge is 2.76. The lowest BCUT2D eigenvalue weighted by molar-refractivity contribution is -0.901. The highest BCUT2D eigenvalue weighted by molar-refractivity contribution is 6.10. The van der Waals surface area contributed by atoms with Gasteiger partial charge in [0.1, 0.15) is 18.0 Å². The van der Waals surface area contributed by atoms with Gasteiger partial charge >= 0.3 is 5.97 Å². The Morgan fingerprint density at radius 1 is 1.48 bits per heavy atom. The minimum absolute atomic E-state index is 0.212. The van der Waals surface area contributed by atoms with E-state index in [4.69, 9.17) is 9.73 Å². The predicted molar refractivity (Wildman–Crippen MR) is 100 cm³/mol. The summed E-state index contributed by atoms with van der Waals surface area (Å²) in [6, 6.07) is 7.55. The smallest absolute Gasteiger partial charge is 0.316 e. The molecule has 0 amide bonds. The Kier molecular flexibility index (Phi) is 3.34. The average Bonchev–Trinajstić information content (AvgIpc) is 3.04. The second kappa shape index (κ2) is 5.28. The lowest BCUT2D eigenvalue weighted by atomic mass is 9.43. The van der Waals surface area contributed by atoms with Gasteiger partial charge in [0.25, 0.3) is 0 Å². The van der Waals surface area contributed by atoms with Crippen molar-refractivity contribution in [2.24, 2.45) is 16.3 Å². The number of carbonyl (C=O) groups is 1. The van der Waals surface area contributed by atoms with Gasteiger partial charge in [0.2, 0.25) is 0 Å². The lowest BCUT2D eigenvalue weighted by Gasteiger charge is -2.68. The summed E-state index contributed by atoms with van der Waals surface area (Å²) in [5.41, 5.74) is 1.62. The van der Waals surface area contributed by atoms with E-state index in [1.54, 1.807) is 0 Å². The third-order valence-corrected chi connectivity index (χ3v) is 7.67. The van der Waals surface area contributed by atoms with Crippen LogP contribution < -0.4 is 0 Å². The first-order chi connectivity index (χ1) is 13.0. The molecular formula is C21H24N2O4. The highest BCUT2D eigenvalue weighted by Crippen LogP contribution is 2.67. The molecule has 5 rings (SSSR count). The zero-order valence-electron chi connectivity index (χ0n) is 15.6. The number of benzene rings is 1. The molecule has 3 aliphatic heterocycles. The maximum absolute atomic E-state index is 13.7. The second-order valence-electron chi connectivity index (χ2n) is 8.29. The molecule has 142 valence electrons. The Labute approximate surface area is 158 Å². The number of allylic oxidation sites excluding steroid dienone is 1. The van der Waals surface area contributed by atoms with Gasteiger partial charge in [0, 0.05) is 18.8 Å². The van der Waals surface area contributed by atoms with Crippen LogP contribution in [0.2, 0.25) is 0 Å². The average molecular weight is 368 g/mol. The van der Waals surface area contributed by atoms with Gasteiger partial charge < -0.3 is 19.7 Å². The maximum Gasteiger partial charge on any atom is 0.316 e. The van der Waals surface area contributed by atoms with Crippen molar-refractivity contribution >= 4 is 17.4 Å². The van der Waals surface area contributed by atoms with E-state index < -0.39 is 16.8 Å². The van der Waals surface area contributed by atoms with Crippen LogP contribution in [-0.4, -0.2) is 54.3 Å². The van der Waals surface area contributed by atoms with Crippen LogP contribution in [-0.2, 0) is 14.9 Å². The summed E-state index contributed by atoms with van der Waals surface area (Å²) in [7, 11) is 1.38. The van der Waals surface area contributed by atoms with Crippen molar-refractivity contribution in [1.29, 1.82) is 0 Å². The Balaban J connectivity index is 1.88. The van der Waals surface area contributed by atoms with Gasteiger partial charge in [-0.05, 0) is 24.1 Å². The van der Waals surface area contributed by atoms with E-state index in [1.807, 2.05) is 37.3 Å². The topological polar surface area (TPSA) is 82.0 Å². The lowest BCUT2D eigenvalue weighted by Crippen LogP contribution is -2.78. The number of hydroxylamine groups is 3. The molecule has 3 bridgehead atoms. The van der Waals surface area contributed by atoms with Gasteiger partial charge in [-0.3, -0.25) is 9.79 Å². The molecule has 5 atom stereocenters. The molecule has 1 aromatic rings. The SMILES string of the molecule is C/C=C1/C[N+]2([O-])CC[C@]34C(=Nc5ccccc53)[C@@H]2C[C@H]1C4(CO)C(=O)OC. The Bertz CT molecular complexity index is 909. The third kappa shape index (κ3) is 1.68. The largest absolute Gasteiger partial charge is 0.632 e. The number of piperidine rings is 2. The van der Waals surface area contributed by atoms with Crippen molar-refractivity contribution in [2.45, 2.75) is 31.2 Å². The Morgan fingerprint density at radius 3 is 2.96 bits per heavy atom. The summed E-state index contributed by atoms with van der Waals surface area (Å²) in [5, 5.41) is 24.5. The highest BCUT2D eigenvalue weighted by atomic mass is 16.5. The van der Waals surface area contributed by atoms with E-state index in [-0.39, 0.29) is 23.2 Å². The number of fused-ring (bicyclic) bond motifs is 2. The molecule has 27 heavy (non-hydrogen) atoms. The third-order valence-electron chi connectivity index (χ3n) is 7.67. The number of esters is 1. The minimum atomic E-state index is -1.14. The van der Waals surface area contributed by atoms with E-state index in [2.05, 4.69) is 0 Å². The van der Waals surface area contributed by atoms with Crippen molar-refractivity contribution in [3.05, 3.63) is 46.7 Å². The number of methoxy groups -OCH3 is 1. The first-order valence-corrected chi connectivity index (χ1v) is 9.59. The zero-order chi connectivity index (χ0) is 19.0. The summed E-state index contributed by atoms with van der Waals surface area (Å²) in [5.74, 6) is -0.611. The molecule has 2 unspecified atom stereocenters. The normalized spacial score (nSPS) is 42.5. The first kappa shape index (κ1) is 17.1. The van der Waals surface area contributed by atoms with E-state index in [0.717, 1.165) is 22.5 Å². The van der Waals surface area contributed by atoms with Gasteiger partial charge in [-0.1, -0.05) is 24.3 Å². The fourth-order valence-electron chi connectivity index (χ4n) is 6.55. The fourth-order valence-corrected chi connectivity index (χ4v) is 6.55. The van der Waals surface area contributed by atoms with Crippen molar-refractivity contribution in [2.75, 3.05) is 26.8 Å². The van der Waals surface area contributed by atoms with E-state index in [9.17, 15) is 15.1 Å². The van der Waals surface area contributed by atoms with E-state index >= 15 is 0 Å². The molecule has 0 radical (unpaired) electrons. The van der Waals surface area contributed by atoms with Gasteiger partial charge in [-0.25, -0.2) is 0 Å². The molecule has 4 aliphatic rings. The van der Waals surface area contributed by atoms with Crippen LogP contribution in [0.25, 0.3) is 0 Å². The number of carbonyl (C=O) groups excluding carboxylic acids is 1. The molecular weight excluding hydrogens is 344 g/mol. The number of aliphatic hydroxyl groups is 1. The Morgan fingerprint density at radius 2 is 2.26 bits per heavy atom. The number of ether oxygens (including phenoxy) is 1. The number of rotatable bonds is 2. The molecule has 6 nitrogen and oxygen atoms in total. The minimum Gasteiger partial charge on any atom is -0.632 e. The molecule has 6 heteroatoms. The van der Waals surface area contributed by atoms with Crippen LogP contribution in [0.15, 0.2) is 40.9 Å². The maximum atomic E-state index is 13.7. The van der Waals surface area contributed by atoms with Crippen molar-refractivity contribution in [3.8, 4) is 0 Å². The molecule has 1 aliphatic carbocycles. The van der Waals surface area contributed by atoms with Gasteiger partial charge in [0.15, 0.2) is 0 Å². The first-order valence-electron chi connectivity index (χ1n) is 9.59. The van der Waals surface area contributed by atoms with Crippen LogP contribution in [0, 0.1) is 16.5 Å². The van der Waals surface area contributed by atoms with Gasteiger partial charge in [0.05, 0.1) is 37.1 Å². The molecule has 1 aromatic carbocycles. The van der Waals surface area contributed by atoms with Crippen LogP contribution in [0.3, 0.4) is 0 Å². The predicted octanol–water partition coefficient (Wildman–Crippen LogP) is 2.23. The quantitative estimate of drug-likeness (QED) is 0.376. The Hall–Kier alpha value is -2.02. The fraction of sp³-hybridized carbons (Fsp3) is 0.524. The van der Waals surface area contributed by atoms with Crippen LogP contribution in [0.4, 0.5) is 5.69 Å². The summed E-state index contributed by atoms with van der Waals surface area (Å²) >= 11 is 0. The van der Waals surface area contributed by atoms with E-state index in [1.165, 1.54) is 7.11 Å². The zero-order valence-corrected chi connectivity index (χ0v) is 15.6. The van der Waals surface area contributed by atoms with Crippen LogP contribution in [0.5, 0.6) is 0 Å². The monoisotopic (exact) mass is 368 g/mol. The number of quaternary nitrogens is 1. The van der Waals surface area contributed by atoms with Gasteiger partial charge in [-0.2, -0.15) is 0 Å². The van der Waals surface area contributed by atoms with Crippen molar-refractivity contribution in [3.63, 3.8) is 0 Å². The van der Waals surface area contributed by atoms with Crippen molar-refractivity contribution < 1.29 is 19.3 Å². The summed E-state index contributed by atoms with van der Waals surface area (Å²) in [6.45, 7) is 2.37. The van der Waals surface area contributed by atoms with Crippen molar-refractivity contribution in [1.82, 2.24) is 0 Å². The second-order valence-corrected chi connectivity index (χ2v) is 8.29. The number of para-hydroxylation sites is 1. The van der Waals surface area contributed by atoms with E-state index in [0.29, 0.717) is 25.9 Å². The molecule has 0 spiro atoms. The number of hydrogen-bond donors (Lipinski definition) is 1. The van der Waals surface area contributed by atoms with Crippen LogP contribution in [0.1, 0.15) is 25.3 Å². The molecule has 1 N–H and O–H groups in total. The summed E-state index contributed by atoms with van der Waals surface area (Å²) < 4.78 is 5.00. The number of hydrogen-bond acceptors (Lipinski definition) is 5. The molecule has 3 heterocycles. The standard InChI is InChI=1S/C21H24N2O4/c1-3-13-11-23(26)9-8-20-14-6-4-5-7-16(14)22-18(20)17(23)10-15(13)21(20,12-24)19(25)27-2/h3-7,15,17,24H,8-12H2,1-2H3/b13-3-/t15-,17+,20-,21?,23?/m1/s1.